The lowest BCUT2D eigenvalue weighted by atomic mass is 10.2. The fourth-order valence-electron chi connectivity index (χ4n) is 0.759. The van der Waals surface area contributed by atoms with Crippen LogP contribution in [0.15, 0.2) is 0 Å². The Morgan fingerprint density at radius 2 is 2.50 bits per heavy atom. The first kappa shape index (κ1) is 6.05. The van der Waals surface area contributed by atoms with Crippen LogP contribution in [0, 0.1) is 0 Å². The van der Waals surface area contributed by atoms with Gasteiger partial charge in [-0.1, -0.05) is 13.3 Å². The van der Waals surface area contributed by atoms with Crippen molar-refractivity contribution in [3.63, 3.8) is 0 Å². The first-order valence-corrected chi connectivity index (χ1v) is 3.14. The summed E-state index contributed by atoms with van der Waals surface area (Å²) in [5, 5.41) is 9.06. The van der Waals surface area contributed by atoms with Crippen molar-refractivity contribution in [2.24, 2.45) is 0 Å². The van der Waals surface area contributed by atoms with Gasteiger partial charge in [0.1, 0.15) is 6.10 Å². The van der Waals surface area contributed by atoms with E-state index in [-0.39, 0.29) is 12.2 Å². The van der Waals surface area contributed by atoms with E-state index in [9.17, 15) is 0 Å². The predicted molar refractivity (Wildman–Crippen MR) is 30.7 cm³/mol. The molecule has 2 heteroatoms. The van der Waals surface area contributed by atoms with Crippen LogP contribution in [-0.2, 0) is 4.74 Å². The highest BCUT2D eigenvalue weighted by atomic mass is 16.6. The highest BCUT2D eigenvalue weighted by Crippen LogP contribution is 2.16. The predicted octanol–water partition coefficient (Wildman–Crippen LogP) is 0.546. The number of epoxide rings is 1. The Balaban J connectivity index is 2.03. The molecule has 0 spiro atoms. The zero-order valence-electron chi connectivity index (χ0n) is 5.13. The molecular weight excluding hydrogens is 104 g/mol. The standard InChI is InChI=1S/C6H12O2/c1-2-3-5(7)6-4-8-6/h5-7H,2-4H2,1H3/t5-,6+/m0/s1. The first-order valence-electron chi connectivity index (χ1n) is 3.14. The second-order valence-corrected chi connectivity index (χ2v) is 2.23. The molecule has 48 valence electrons. The van der Waals surface area contributed by atoms with Gasteiger partial charge in [-0.3, -0.25) is 0 Å². The second-order valence-electron chi connectivity index (χ2n) is 2.23. The van der Waals surface area contributed by atoms with Gasteiger partial charge in [-0.15, -0.1) is 0 Å². The number of rotatable bonds is 3. The Morgan fingerprint density at radius 1 is 1.88 bits per heavy atom. The summed E-state index contributed by atoms with van der Waals surface area (Å²) in [6.45, 7) is 2.83. The molecule has 1 heterocycles. The van der Waals surface area contributed by atoms with Gasteiger partial charge in [-0.25, -0.2) is 0 Å². The molecule has 8 heavy (non-hydrogen) atoms. The van der Waals surface area contributed by atoms with Gasteiger partial charge in [0.05, 0.1) is 12.7 Å². The van der Waals surface area contributed by atoms with E-state index in [4.69, 9.17) is 9.84 Å². The maximum absolute atomic E-state index is 9.06. The Morgan fingerprint density at radius 3 is 2.88 bits per heavy atom. The van der Waals surface area contributed by atoms with Crippen molar-refractivity contribution >= 4 is 0 Å². The third-order valence-electron chi connectivity index (χ3n) is 1.37. The molecular formula is C6H12O2. The van der Waals surface area contributed by atoms with E-state index in [1.807, 2.05) is 0 Å². The maximum atomic E-state index is 9.06. The fraction of sp³-hybridized carbons (Fsp3) is 1.00. The molecule has 0 bridgehead atoms. The summed E-state index contributed by atoms with van der Waals surface area (Å²) in [7, 11) is 0. The smallest absolute Gasteiger partial charge is 0.107 e. The average Bonchev–Trinajstić information content (AvgIpc) is 2.45. The molecule has 1 saturated heterocycles. The number of aliphatic hydroxyl groups excluding tert-OH is 1. The molecule has 0 aromatic carbocycles. The van der Waals surface area contributed by atoms with Crippen LogP contribution in [0.1, 0.15) is 19.8 Å². The monoisotopic (exact) mass is 116 g/mol. The van der Waals surface area contributed by atoms with Crippen molar-refractivity contribution in [1.29, 1.82) is 0 Å². The van der Waals surface area contributed by atoms with Crippen molar-refractivity contribution in [2.75, 3.05) is 6.61 Å². The number of hydrogen-bond donors (Lipinski definition) is 1. The van der Waals surface area contributed by atoms with E-state index in [2.05, 4.69) is 6.92 Å². The van der Waals surface area contributed by atoms with Gasteiger partial charge in [-0.05, 0) is 6.42 Å². The van der Waals surface area contributed by atoms with Crippen molar-refractivity contribution in [1.82, 2.24) is 0 Å². The Labute approximate surface area is 49.5 Å². The molecule has 0 saturated carbocycles. The molecule has 1 rings (SSSR count). The van der Waals surface area contributed by atoms with E-state index in [0.29, 0.717) is 0 Å². The summed E-state index contributed by atoms with van der Waals surface area (Å²) in [5.41, 5.74) is 0. The molecule has 1 N–H and O–H groups in total. The van der Waals surface area contributed by atoms with Crippen molar-refractivity contribution in [3.05, 3.63) is 0 Å². The number of aliphatic hydroxyl groups is 1. The van der Waals surface area contributed by atoms with Crippen molar-refractivity contribution < 1.29 is 9.84 Å². The van der Waals surface area contributed by atoms with Crippen molar-refractivity contribution in [2.45, 2.75) is 32.0 Å². The lowest BCUT2D eigenvalue weighted by Gasteiger charge is -2.01. The second kappa shape index (κ2) is 2.46. The molecule has 0 radical (unpaired) electrons. The molecule has 0 amide bonds. The van der Waals surface area contributed by atoms with Crippen LogP contribution in [0.4, 0.5) is 0 Å². The summed E-state index contributed by atoms with van der Waals surface area (Å²) in [4.78, 5) is 0. The van der Waals surface area contributed by atoms with Crippen LogP contribution in [0.25, 0.3) is 0 Å². The first-order chi connectivity index (χ1) is 3.84. The zero-order valence-corrected chi connectivity index (χ0v) is 5.13. The molecule has 2 atom stereocenters. The van der Waals surface area contributed by atoms with Gasteiger partial charge in [0.15, 0.2) is 0 Å². The number of hydrogen-bond acceptors (Lipinski definition) is 2. The molecule has 0 aromatic heterocycles. The minimum absolute atomic E-state index is 0.176. The van der Waals surface area contributed by atoms with Gasteiger partial charge in [0.2, 0.25) is 0 Å². The van der Waals surface area contributed by atoms with Crippen LogP contribution in [-0.4, -0.2) is 23.9 Å². The Kier molecular flexibility index (Phi) is 1.86. The van der Waals surface area contributed by atoms with Gasteiger partial charge in [-0.2, -0.15) is 0 Å². The van der Waals surface area contributed by atoms with E-state index in [0.717, 1.165) is 19.4 Å². The molecule has 1 aliphatic rings. The summed E-state index contributed by atoms with van der Waals surface area (Å²) in [6, 6.07) is 0. The summed E-state index contributed by atoms with van der Waals surface area (Å²) < 4.78 is 4.87. The average molecular weight is 116 g/mol. The molecule has 0 aliphatic carbocycles. The van der Waals surface area contributed by atoms with E-state index >= 15 is 0 Å². The summed E-state index contributed by atoms with van der Waals surface area (Å²) in [6.07, 6.45) is 1.90. The molecule has 0 unspecified atom stereocenters. The van der Waals surface area contributed by atoms with E-state index < -0.39 is 0 Å². The minimum atomic E-state index is -0.194. The zero-order chi connectivity index (χ0) is 5.98. The highest BCUT2D eigenvalue weighted by Gasteiger charge is 2.29. The maximum Gasteiger partial charge on any atom is 0.107 e. The lowest BCUT2D eigenvalue weighted by molar-refractivity contribution is 0.126. The third kappa shape index (κ3) is 1.46. The molecule has 2 nitrogen and oxygen atoms in total. The van der Waals surface area contributed by atoms with Crippen LogP contribution >= 0.6 is 0 Å². The Bertz CT molecular complexity index is 68.9. The lowest BCUT2D eigenvalue weighted by Crippen LogP contribution is -2.13. The fourth-order valence-corrected chi connectivity index (χ4v) is 0.759. The molecule has 0 aromatic rings. The molecule has 1 fully saturated rings. The van der Waals surface area contributed by atoms with Crippen LogP contribution in [0.3, 0.4) is 0 Å². The van der Waals surface area contributed by atoms with Gasteiger partial charge in [0, 0.05) is 0 Å². The summed E-state index contributed by atoms with van der Waals surface area (Å²) in [5.74, 6) is 0. The topological polar surface area (TPSA) is 32.8 Å². The summed E-state index contributed by atoms with van der Waals surface area (Å²) >= 11 is 0. The minimum Gasteiger partial charge on any atom is -0.390 e. The van der Waals surface area contributed by atoms with Crippen LogP contribution in [0.2, 0.25) is 0 Å². The highest BCUT2D eigenvalue weighted by molar-refractivity contribution is 4.77. The van der Waals surface area contributed by atoms with Crippen molar-refractivity contribution in [3.8, 4) is 0 Å². The Hall–Kier alpha value is -0.0800. The normalized spacial score (nSPS) is 30.0. The van der Waals surface area contributed by atoms with E-state index in [1.165, 1.54) is 0 Å². The van der Waals surface area contributed by atoms with Gasteiger partial charge in [0.25, 0.3) is 0 Å². The number of ether oxygens (including phenoxy) is 1. The van der Waals surface area contributed by atoms with Crippen LogP contribution < -0.4 is 0 Å². The van der Waals surface area contributed by atoms with Gasteiger partial charge >= 0.3 is 0 Å². The van der Waals surface area contributed by atoms with Gasteiger partial charge < -0.3 is 9.84 Å². The third-order valence-corrected chi connectivity index (χ3v) is 1.37. The largest absolute Gasteiger partial charge is 0.390 e. The molecule has 1 aliphatic heterocycles. The van der Waals surface area contributed by atoms with Crippen LogP contribution in [0.5, 0.6) is 0 Å². The SMILES string of the molecule is CCC[C@H](O)[C@H]1CO1. The van der Waals surface area contributed by atoms with E-state index in [1.54, 1.807) is 0 Å². The quantitative estimate of drug-likeness (QED) is 0.546.